The molecule has 1 saturated carbocycles. The Morgan fingerprint density at radius 3 is 2.19 bits per heavy atom. The van der Waals surface area contributed by atoms with Gasteiger partial charge < -0.3 is 25.7 Å². The molecule has 1 aliphatic heterocycles. The van der Waals surface area contributed by atoms with Crippen LogP contribution in [0, 0.1) is 0 Å². The fraction of sp³-hybridized carbons (Fsp3) is 0.257. The summed E-state index contributed by atoms with van der Waals surface area (Å²) in [5.74, 6) is 0.286. The van der Waals surface area contributed by atoms with Crippen LogP contribution < -0.4 is 5.73 Å². The number of nitrogens with one attached hydrogen (secondary N) is 1. The maximum absolute atomic E-state index is 14.9. The minimum Gasteiger partial charge on any atom is -0.388 e. The minimum absolute atomic E-state index is 0.106. The molecule has 1 spiro atoms. The van der Waals surface area contributed by atoms with Gasteiger partial charge in [-0.15, -0.1) is 0 Å². The first-order valence-electron chi connectivity index (χ1n) is 14.8. The molecular formula is C35H35N5O3. The highest BCUT2D eigenvalue weighted by Crippen LogP contribution is 2.60. The second-order valence-electron chi connectivity index (χ2n) is 11.8. The van der Waals surface area contributed by atoms with E-state index in [1.807, 2.05) is 114 Å². The summed E-state index contributed by atoms with van der Waals surface area (Å²) in [5.41, 5.74) is 9.84. The summed E-state index contributed by atoms with van der Waals surface area (Å²) >= 11 is 0. The number of rotatable bonds is 7. The lowest BCUT2D eigenvalue weighted by molar-refractivity contribution is -0.0502. The first-order valence-corrected chi connectivity index (χ1v) is 14.8. The first-order chi connectivity index (χ1) is 21.0. The number of nitrogens with zero attached hydrogens (tertiary/aromatic N) is 3. The van der Waals surface area contributed by atoms with Gasteiger partial charge in [0.15, 0.2) is 5.82 Å². The Morgan fingerprint density at radius 2 is 1.49 bits per heavy atom. The van der Waals surface area contributed by atoms with E-state index in [0.717, 1.165) is 33.2 Å². The van der Waals surface area contributed by atoms with Crippen molar-refractivity contribution in [2.75, 3.05) is 5.73 Å². The van der Waals surface area contributed by atoms with Crippen LogP contribution in [0.25, 0.3) is 10.9 Å². The third-order valence-electron chi connectivity index (χ3n) is 9.27. The molecule has 0 radical (unpaired) electrons. The molecule has 1 aromatic heterocycles. The predicted octanol–water partition coefficient (Wildman–Crippen LogP) is 4.84. The number of aromatic nitrogens is 2. The summed E-state index contributed by atoms with van der Waals surface area (Å²) in [4.78, 5) is 18.5. The predicted molar refractivity (Wildman–Crippen MR) is 166 cm³/mol. The lowest BCUT2D eigenvalue weighted by atomic mass is 9.90. The topological polar surface area (TPSA) is 119 Å². The number of urea groups is 1. The van der Waals surface area contributed by atoms with Crippen molar-refractivity contribution in [3.63, 3.8) is 0 Å². The SMILES string of the molecule is Nc1n[nH]c2ccc(CN3C(=O)N(Cc4ccccc4)C4(C[C@@H]4c4ccccc4)[C@H](O)[C@@H](O)[C@H]3Cc3ccccc3)cc12. The highest BCUT2D eigenvalue weighted by molar-refractivity contribution is 5.89. The monoisotopic (exact) mass is 573 g/mol. The Bertz CT molecular complexity index is 1730. The minimum atomic E-state index is -1.18. The molecule has 2 aliphatic rings. The van der Waals surface area contributed by atoms with E-state index in [1.165, 1.54) is 0 Å². The number of H-pyrrole nitrogens is 1. The number of nitrogen functional groups attached to an aromatic ring is 1. The fourth-order valence-electron chi connectivity index (χ4n) is 6.94. The van der Waals surface area contributed by atoms with Crippen LogP contribution >= 0.6 is 0 Å². The van der Waals surface area contributed by atoms with Crippen molar-refractivity contribution >= 4 is 22.8 Å². The number of fused-ring (bicyclic) bond motifs is 1. The standard InChI is InChI=1S/C35H35N5O3/c36-33-27-18-25(16-17-29(27)37-38-33)21-39-30(19-23-10-4-1-5-11-23)31(41)32(42)35(20-28(35)26-14-8-3-9-15-26)40(34(39)43)22-24-12-6-2-7-13-24/h1-18,28,30-32,41-42H,19-22H2,(H3,36,37,38)/t28-,30-,31+,32-,35?/m1/s1. The van der Waals surface area contributed by atoms with E-state index in [0.29, 0.717) is 25.2 Å². The molecule has 5 aromatic rings. The number of hydrogen-bond acceptors (Lipinski definition) is 5. The summed E-state index contributed by atoms with van der Waals surface area (Å²) in [6.45, 7) is 0.549. The number of amides is 2. The number of aliphatic hydroxyl groups excluding tert-OH is 2. The molecule has 218 valence electrons. The van der Waals surface area contributed by atoms with Crippen molar-refractivity contribution in [2.24, 2.45) is 0 Å². The highest BCUT2D eigenvalue weighted by Gasteiger charge is 2.68. The van der Waals surface area contributed by atoms with Crippen LogP contribution in [0.3, 0.4) is 0 Å². The fourth-order valence-corrected chi connectivity index (χ4v) is 6.94. The molecule has 4 aromatic carbocycles. The number of carbonyl (C=O) groups is 1. The van der Waals surface area contributed by atoms with Gasteiger partial charge in [-0.2, -0.15) is 5.10 Å². The van der Waals surface area contributed by atoms with Gasteiger partial charge in [-0.05, 0) is 47.2 Å². The Hall–Kier alpha value is -4.66. The lowest BCUT2D eigenvalue weighted by Crippen LogP contribution is -2.52. The summed E-state index contributed by atoms with van der Waals surface area (Å²) < 4.78 is 0. The molecule has 1 unspecified atom stereocenters. The molecule has 43 heavy (non-hydrogen) atoms. The molecule has 5 N–H and O–H groups in total. The summed E-state index contributed by atoms with van der Waals surface area (Å²) in [6, 6.07) is 34.6. The van der Waals surface area contributed by atoms with Gasteiger partial charge in [0.2, 0.25) is 0 Å². The second kappa shape index (κ2) is 10.9. The van der Waals surface area contributed by atoms with Crippen molar-refractivity contribution in [3.8, 4) is 0 Å². The zero-order valence-corrected chi connectivity index (χ0v) is 23.8. The van der Waals surface area contributed by atoms with E-state index < -0.39 is 23.8 Å². The number of carbonyl (C=O) groups excluding carboxylic acids is 1. The van der Waals surface area contributed by atoms with Crippen LogP contribution in [0.4, 0.5) is 10.6 Å². The highest BCUT2D eigenvalue weighted by atomic mass is 16.3. The van der Waals surface area contributed by atoms with Gasteiger partial charge in [0, 0.05) is 24.4 Å². The zero-order valence-electron chi connectivity index (χ0n) is 23.8. The van der Waals surface area contributed by atoms with E-state index in [1.54, 1.807) is 4.90 Å². The number of nitrogens with two attached hydrogens (primary N) is 1. The molecule has 7 rings (SSSR count). The van der Waals surface area contributed by atoms with E-state index >= 15 is 0 Å². The third-order valence-corrected chi connectivity index (χ3v) is 9.27. The number of benzene rings is 4. The molecular weight excluding hydrogens is 538 g/mol. The second-order valence-corrected chi connectivity index (χ2v) is 11.8. The number of aliphatic hydroxyl groups is 2. The van der Waals surface area contributed by atoms with Crippen molar-refractivity contribution in [2.45, 2.75) is 55.6 Å². The van der Waals surface area contributed by atoms with Crippen LogP contribution in [0.15, 0.2) is 109 Å². The smallest absolute Gasteiger partial charge is 0.321 e. The molecule has 8 heteroatoms. The van der Waals surface area contributed by atoms with Gasteiger partial charge in [-0.3, -0.25) is 5.10 Å². The van der Waals surface area contributed by atoms with Crippen molar-refractivity contribution < 1.29 is 15.0 Å². The van der Waals surface area contributed by atoms with E-state index in [-0.39, 0.29) is 18.5 Å². The van der Waals surface area contributed by atoms with Crippen LogP contribution in [0.1, 0.15) is 34.6 Å². The Labute approximate surface area is 250 Å². The van der Waals surface area contributed by atoms with Gasteiger partial charge in [0.05, 0.1) is 17.1 Å². The maximum Gasteiger partial charge on any atom is 0.321 e. The summed E-state index contributed by atoms with van der Waals surface area (Å²) in [7, 11) is 0. The molecule has 2 fully saturated rings. The molecule has 5 atom stereocenters. The Kier molecular flexibility index (Phi) is 6.88. The van der Waals surface area contributed by atoms with Gasteiger partial charge in [0.25, 0.3) is 0 Å². The van der Waals surface area contributed by atoms with Gasteiger partial charge in [-0.1, -0.05) is 97.1 Å². The average molecular weight is 574 g/mol. The Morgan fingerprint density at radius 1 is 0.837 bits per heavy atom. The average Bonchev–Trinajstić information content (AvgIpc) is 3.71. The molecule has 8 nitrogen and oxygen atoms in total. The number of hydrogen-bond donors (Lipinski definition) is 4. The van der Waals surface area contributed by atoms with E-state index in [4.69, 9.17) is 5.73 Å². The van der Waals surface area contributed by atoms with Gasteiger partial charge in [-0.25, -0.2) is 4.79 Å². The maximum atomic E-state index is 14.9. The van der Waals surface area contributed by atoms with Crippen LogP contribution in [0.2, 0.25) is 0 Å². The quantitative estimate of drug-likeness (QED) is 0.222. The number of aromatic amines is 1. The zero-order chi connectivity index (χ0) is 29.6. The molecule has 1 aliphatic carbocycles. The van der Waals surface area contributed by atoms with E-state index in [2.05, 4.69) is 10.2 Å². The largest absolute Gasteiger partial charge is 0.388 e. The third kappa shape index (κ3) is 4.82. The van der Waals surface area contributed by atoms with Crippen molar-refractivity contribution in [1.82, 2.24) is 20.0 Å². The molecule has 0 bridgehead atoms. The van der Waals surface area contributed by atoms with E-state index in [9.17, 15) is 15.0 Å². The Balaban J connectivity index is 1.34. The molecule has 2 amide bonds. The van der Waals surface area contributed by atoms with Crippen LogP contribution in [-0.4, -0.2) is 60.0 Å². The number of anilines is 1. The normalized spacial score (nSPS) is 25.3. The molecule has 1 saturated heterocycles. The van der Waals surface area contributed by atoms with Crippen LogP contribution in [-0.2, 0) is 19.5 Å². The lowest BCUT2D eigenvalue weighted by Gasteiger charge is -2.36. The molecule has 2 heterocycles. The van der Waals surface area contributed by atoms with Gasteiger partial charge >= 0.3 is 6.03 Å². The summed E-state index contributed by atoms with van der Waals surface area (Å²) in [5, 5.41) is 32.0. The van der Waals surface area contributed by atoms with Crippen molar-refractivity contribution in [1.29, 1.82) is 0 Å². The first kappa shape index (κ1) is 27.2. The van der Waals surface area contributed by atoms with Gasteiger partial charge in [0.1, 0.15) is 12.2 Å². The summed E-state index contributed by atoms with van der Waals surface area (Å²) in [6.07, 6.45) is -1.37. The van der Waals surface area contributed by atoms with Crippen LogP contribution in [0.5, 0.6) is 0 Å². The van der Waals surface area contributed by atoms with Crippen molar-refractivity contribution in [3.05, 3.63) is 131 Å².